The SMILES string of the molecule is Cc1c(C(=O)N2CCC(N3CCCCC3)CC2)cnn1-c1nccc(-c2cccs2)n1. The molecule has 1 amide bonds. The number of carbonyl (C=O) groups is 1. The molecule has 3 aromatic rings. The first-order chi connectivity index (χ1) is 15.2. The van der Waals surface area contributed by atoms with Crippen molar-refractivity contribution in [1.82, 2.24) is 29.5 Å². The molecule has 162 valence electrons. The first-order valence-corrected chi connectivity index (χ1v) is 12.0. The topological polar surface area (TPSA) is 67.2 Å². The second-order valence-electron chi connectivity index (χ2n) is 8.39. The van der Waals surface area contributed by atoms with Crippen molar-refractivity contribution in [1.29, 1.82) is 0 Å². The molecule has 0 atom stereocenters. The third-order valence-electron chi connectivity index (χ3n) is 6.50. The molecule has 5 heterocycles. The summed E-state index contributed by atoms with van der Waals surface area (Å²) >= 11 is 1.64. The molecule has 2 saturated heterocycles. The van der Waals surface area contributed by atoms with Crippen molar-refractivity contribution >= 4 is 17.2 Å². The summed E-state index contributed by atoms with van der Waals surface area (Å²) in [5, 5.41) is 6.48. The van der Waals surface area contributed by atoms with Gasteiger partial charge in [0, 0.05) is 25.3 Å². The minimum Gasteiger partial charge on any atom is -0.338 e. The number of rotatable bonds is 4. The third-order valence-corrected chi connectivity index (χ3v) is 7.40. The smallest absolute Gasteiger partial charge is 0.257 e. The van der Waals surface area contributed by atoms with Gasteiger partial charge in [0.1, 0.15) is 0 Å². The van der Waals surface area contributed by atoms with E-state index in [1.807, 2.05) is 35.4 Å². The highest BCUT2D eigenvalue weighted by molar-refractivity contribution is 7.13. The van der Waals surface area contributed by atoms with E-state index >= 15 is 0 Å². The summed E-state index contributed by atoms with van der Waals surface area (Å²) in [5.41, 5.74) is 2.29. The highest BCUT2D eigenvalue weighted by Gasteiger charge is 2.29. The number of thiophene rings is 1. The molecule has 0 spiro atoms. The Morgan fingerprint density at radius 3 is 2.65 bits per heavy atom. The third kappa shape index (κ3) is 4.14. The molecule has 0 N–H and O–H groups in total. The van der Waals surface area contributed by atoms with E-state index in [1.54, 1.807) is 28.4 Å². The van der Waals surface area contributed by atoms with E-state index < -0.39 is 0 Å². The summed E-state index contributed by atoms with van der Waals surface area (Å²) in [7, 11) is 0. The standard InChI is InChI=1S/C23H28N6OS/c1-17-19(22(30)28-13-8-18(9-14-28)27-11-3-2-4-12-27)16-25-29(17)23-24-10-7-20(26-23)21-6-5-15-31-21/h5-7,10,15-16,18H,2-4,8-9,11-14H2,1H3. The highest BCUT2D eigenvalue weighted by Crippen LogP contribution is 2.25. The second-order valence-corrected chi connectivity index (χ2v) is 9.34. The van der Waals surface area contributed by atoms with Gasteiger partial charge in [-0.3, -0.25) is 4.79 Å². The van der Waals surface area contributed by atoms with Crippen LogP contribution in [-0.4, -0.2) is 67.7 Å². The Hall–Kier alpha value is -2.58. The van der Waals surface area contributed by atoms with Gasteiger partial charge in [-0.25, -0.2) is 14.6 Å². The molecule has 0 aromatic carbocycles. The second kappa shape index (κ2) is 8.88. The highest BCUT2D eigenvalue weighted by atomic mass is 32.1. The predicted molar refractivity (Wildman–Crippen MR) is 122 cm³/mol. The zero-order chi connectivity index (χ0) is 21.2. The quantitative estimate of drug-likeness (QED) is 0.623. The lowest BCUT2D eigenvalue weighted by Crippen LogP contribution is -2.48. The Balaban J connectivity index is 1.29. The van der Waals surface area contributed by atoms with Gasteiger partial charge in [-0.2, -0.15) is 5.10 Å². The van der Waals surface area contributed by atoms with Crippen LogP contribution in [0.25, 0.3) is 16.5 Å². The molecule has 0 bridgehead atoms. The fourth-order valence-electron chi connectivity index (χ4n) is 4.72. The summed E-state index contributed by atoms with van der Waals surface area (Å²) in [5.74, 6) is 0.557. The fourth-order valence-corrected chi connectivity index (χ4v) is 5.42. The number of hydrogen-bond donors (Lipinski definition) is 0. The van der Waals surface area contributed by atoms with Crippen LogP contribution in [-0.2, 0) is 0 Å². The Labute approximate surface area is 186 Å². The summed E-state index contributed by atoms with van der Waals surface area (Å²) in [6.07, 6.45) is 9.51. The van der Waals surface area contributed by atoms with Crippen molar-refractivity contribution in [3.05, 3.63) is 47.2 Å². The molecular weight excluding hydrogens is 408 g/mol. The lowest BCUT2D eigenvalue weighted by atomic mass is 9.99. The van der Waals surface area contributed by atoms with Gasteiger partial charge in [0.15, 0.2) is 0 Å². The van der Waals surface area contributed by atoms with Crippen LogP contribution >= 0.6 is 11.3 Å². The number of amides is 1. The molecule has 2 aliphatic heterocycles. The zero-order valence-electron chi connectivity index (χ0n) is 17.9. The molecule has 2 aliphatic rings. The van der Waals surface area contributed by atoms with Gasteiger partial charge >= 0.3 is 0 Å². The van der Waals surface area contributed by atoms with Gasteiger partial charge in [-0.1, -0.05) is 12.5 Å². The lowest BCUT2D eigenvalue weighted by molar-refractivity contribution is 0.0589. The number of piperidine rings is 2. The molecule has 7 nitrogen and oxygen atoms in total. The molecular formula is C23H28N6OS. The maximum atomic E-state index is 13.2. The van der Waals surface area contributed by atoms with E-state index in [0.29, 0.717) is 17.6 Å². The van der Waals surface area contributed by atoms with Crippen molar-refractivity contribution in [2.45, 2.75) is 45.1 Å². The van der Waals surface area contributed by atoms with Crippen LogP contribution in [0.15, 0.2) is 36.0 Å². The van der Waals surface area contributed by atoms with E-state index in [0.717, 1.165) is 42.2 Å². The van der Waals surface area contributed by atoms with Crippen molar-refractivity contribution < 1.29 is 4.79 Å². The Morgan fingerprint density at radius 1 is 1.10 bits per heavy atom. The molecule has 8 heteroatoms. The van der Waals surface area contributed by atoms with Crippen molar-refractivity contribution in [2.24, 2.45) is 0 Å². The molecule has 0 radical (unpaired) electrons. The van der Waals surface area contributed by atoms with E-state index in [9.17, 15) is 4.79 Å². The number of nitrogens with zero attached hydrogens (tertiary/aromatic N) is 6. The van der Waals surface area contributed by atoms with E-state index in [1.165, 1.54) is 32.4 Å². The van der Waals surface area contributed by atoms with Crippen LogP contribution in [0.4, 0.5) is 0 Å². The molecule has 0 saturated carbocycles. The van der Waals surface area contributed by atoms with Gasteiger partial charge in [-0.15, -0.1) is 11.3 Å². The van der Waals surface area contributed by atoms with E-state index in [4.69, 9.17) is 0 Å². The summed E-state index contributed by atoms with van der Waals surface area (Å²) in [4.78, 5) is 28.0. The Bertz CT molecular complexity index is 1030. The minimum atomic E-state index is 0.0651. The van der Waals surface area contributed by atoms with E-state index in [-0.39, 0.29) is 5.91 Å². The number of carbonyl (C=O) groups excluding carboxylic acids is 1. The molecule has 0 unspecified atom stereocenters. The molecule has 5 rings (SSSR count). The maximum absolute atomic E-state index is 13.2. The fraction of sp³-hybridized carbons (Fsp3) is 0.478. The zero-order valence-corrected chi connectivity index (χ0v) is 18.7. The Morgan fingerprint density at radius 2 is 1.90 bits per heavy atom. The number of aromatic nitrogens is 4. The summed E-state index contributed by atoms with van der Waals surface area (Å²) in [6.45, 7) is 5.98. The van der Waals surface area contributed by atoms with Gasteiger partial charge in [0.25, 0.3) is 11.9 Å². The molecule has 3 aromatic heterocycles. The molecule has 31 heavy (non-hydrogen) atoms. The van der Waals surface area contributed by atoms with Crippen LogP contribution in [0.1, 0.15) is 48.2 Å². The molecule has 0 aliphatic carbocycles. The van der Waals surface area contributed by atoms with E-state index in [2.05, 4.69) is 20.0 Å². The number of hydrogen-bond acceptors (Lipinski definition) is 6. The average Bonchev–Trinajstić information content (AvgIpc) is 3.50. The van der Waals surface area contributed by atoms with Crippen LogP contribution < -0.4 is 0 Å². The van der Waals surface area contributed by atoms with Crippen LogP contribution in [0.3, 0.4) is 0 Å². The summed E-state index contributed by atoms with van der Waals surface area (Å²) in [6, 6.07) is 6.57. The average molecular weight is 437 g/mol. The first kappa shape index (κ1) is 20.3. The van der Waals surface area contributed by atoms with Crippen LogP contribution in [0, 0.1) is 6.92 Å². The van der Waals surface area contributed by atoms with Crippen molar-refractivity contribution in [2.75, 3.05) is 26.2 Å². The van der Waals surface area contributed by atoms with Crippen molar-refractivity contribution in [3.8, 4) is 16.5 Å². The predicted octanol–water partition coefficient (Wildman–Crippen LogP) is 3.79. The monoisotopic (exact) mass is 436 g/mol. The van der Waals surface area contributed by atoms with Gasteiger partial charge < -0.3 is 9.80 Å². The number of likely N-dealkylation sites (tertiary alicyclic amines) is 2. The van der Waals surface area contributed by atoms with Crippen molar-refractivity contribution in [3.63, 3.8) is 0 Å². The van der Waals surface area contributed by atoms with Crippen LogP contribution in [0.2, 0.25) is 0 Å². The van der Waals surface area contributed by atoms with Crippen LogP contribution in [0.5, 0.6) is 0 Å². The van der Waals surface area contributed by atoms with Gasteiger partial charge in [0.05, 0.1) is 28.0 Å². The first-order valence-electron chi connectivity index (χ1n) is 11.2. The molecule has 2 fully saturated rings. The normalized spacial score (nSPS) is 18.4. The lowest BCUT2D eigenvalue weighted by Gasteiger charge is -2.40. The largest absolute Gasteiger partial charge is 0.338 e. The maximum Gasteiger partial charge on any atom is 0.257 e. The Kier molecular flexibility index (Phi) is 5.82. The van der Waals surface area contributed by atoms with Gasteiger partial charge in [-0.05, 0) is 63.2 Å². The van der Waals surface area contributed by atoms with Gasteiger partial charge in [0.2, 0.25) is 0 Å². The minimum absolute atomic E-state index is 0.0651. The summed E-state index contributed by atoms with van der Waals surface area (Å²) < 4.78 is 1.67.